The fraction of sp³-hybridized carbons (Fsp3) is 0.125. The summed E-state index contributed by atoms with van der Waals surface area (Å²) in [7, 11) is 1.79. The van der Waals surface area contributed by atoms with Crippen molar-refractivity contribution in [3.63, 3.8) is 0 Å². The van der Waals surface area contributed by atoms with E-state index < -0.39 is 0 Å². The van der Waals surface area contributed by atoms with Crippen LogP contribution < -0.4 is 5.73 Å². The Morgan fingerprint density at radius 3 is 2.64 bits per heavy atom. The summed E-state index contributed by atoms with van der Waals surface area (Å²) in [5.74, 6) is 0. The van der Waals surface area contributed by atoms with Crippen molar-refractivity contribution in [2.24, 2.45) is 7.05 Å². The van der Waals surface area contributed by atoms with Gasteiger partial charge in [-0.25, -0.2) is 0 Å². The molecule has 0 atom stereocenters. The highest BCUT2D eigenvalue weighted by Crippen LogP contribution is 2.31. The van der Waals surface area contributed by atoms with E-state index in [0.717, 1.165) is 0 Å². The van der Waals surface area contributed by atoms with E-state index in [0.29, 0.717) is 27.3 Å². The molecule has 0 unspecified atom stereocenters. The summed E-state index contributed by atoms with van der Waals surface area (Å²) in [4.78, 5) is 2.89. The van der Waals surface area contributed by atoms with Gasteiger partial charge in [0.15, 0.2) is 0 Å². The highest BCUT2D eigenvalue weighted by molar-refractivity contribution is 6.33. The van der Waals surface area contributed by atoms with Gasteiger partial charge in [-0.2, -0.15) is 5.10 Å². The first-order valence-electron chi connectivity index (χ1n) is 3.91. The second-order valence-electron chi connectivity index (χ2n) is 2.95. The number of H-pyrrole nitrogens is 1. The van der Waals surface area contributed by atoms with Crippen molar-refractivity contribution in [3.8, 4) is 11.4 Å². The smallest absolute Gasteiger partial charge is 0.129 e. The summed E-state index contributed by atoms with van der Waals surface area (Å²) in [6.07, 6.45) is 1.70. The normalized spacial score (nSPS) is 10.8. The van der Waals surface area contributed by atoms with Crippen LogP contribution in [0.25, 0.3) is 11.4 Å². The van der Waals surface area contributed by atoms with Crippen LogP contribution in [0.2, 0.25) is 10.2 Å². The molecule has 4 nitrogen and oxygen atoms in total. The number of nitrogens with two attached hydrogens (primary N) is 1. The summed E-state index contributed by atoms with van der Waals surface area (Å²) < 4.78 is 1.62. The molecule has 0 saturated heterocycles. The van der Waals surface area contributed by atoms with Crippen molar-refractivity contribution >= 4 is 28.9 Å². The predicted octanol–water partition coefficient (Wildman–Crippen LogP) is 2.30. The molecular weight excluding hydrogens is 223 g/mol. The SMILES string of the molecule is Cn1cc(Cl)c(-c2[nH]c(Cl)cc2N)n1. The number of hydrogen-bond acceptors (Lipinski definition) is 2. The van der Waals surface area contributed by atoms with E-state index in [-0.39, 0.29) is 0 Å². The first-order chi connectivity index (χ1) is 6.58. The molecule has 6 heteroatoms. The molecular formula is C8H8Cl2N4. The number of nitrogens with zero attached hydrogens (tertiary/aromatic N) is 2. The zero-order chi connectivity index (χ0) is 10.3. The van der Waals surface area contributed by atoms with Gasteiger partial charge in [-0.05, 0) is 6.07 Å². The Balaban J connectivity index is 2.59. The quantitative estimate of drug-likeness (QED) is 0.790. The number of aromatic amines is 1. The largest absolute Gasteiger partial charge is 0.397 e. The molecule has 2 rings (SSSR count). The van der Waals surface area contributed by atoms with Crippen LogP contribution in [0.1, 0.15) is 0 Å². The third-order valence-corrected chi connectivity index (χ3v) is 2.32. The molecule has 0 amide bonds. The topological polar surface area (TPSA) is 59.6 Å². The minimum absolute atomic E-state index is 0.471. The van der Waals surface area contributed by atoms with E-state index in [1.54, 1.807) is 24.0 Å². The molecule has 2 aromatic heterocycles. The lowest BCUT2D eigenvalue weighted by Crippen LogP contribution is -1.90. The molecule has 2 heterocycles. The van der Waals surface area contributed by atoms with Crippen molar-refractivity contribution in [2.75, 3.05) is 5.73 Å². The standard InChI is InChI=1S/C8H8Cl2N4/c1-14-3-4(9)7(13-14)8-5(11)2-6(10)12-8/h2-3,12H,11H2,1H3. The molecule has 0 bridgehead atoms. The first-order valence-corrected chi connectivity index (χ1v) is 4.67. The fourth-order valence-electron chi connectivity index (χ4n) is 1.26. The lowest BCUT2D eigenvalue weighted by molar-refractivity contribution is 0.770. The van der Waals surface area contributed by atoms with Crippen LogP contribution in [-0.2, 0) is 7.05 Å². The van der Waals surface area contributed by atoms with Gasteiger partial charge in [-0.1, -0.05) is 23.2 Å². The van der Waals surface area contributed by atoms with E-state index in [2.05, 4.69) is 10.1 Å². The summed E-state index contributed by atoms with van der Waals surface area (Å²) >= 11 is 11.7. The van der Waals surface area contributed by atoms with Crippen LogP contribution in [0.5, 0.6) is 0 Å². The highest BCUT2D eigenvalue weighted by atomic mass is 35.5. The molecule has 0 saturated carbocycles. The number of nitrogen functional groups attached to an aromatic ring is 1. The third kappa shape index (κ3) is 1.47. The molecule has 0 aliphatic heterocycles. The minimum atomic E-state index is 0.471. The number of aryl methyl sites for hydroxylation is 1. The number of halogens is 2. The van der Waals surface area contributed by atoms with Crippen molar-refractivity contribution in [1.29, 1.82) is 0 Å². The van der Waals surface area contributed by atoms with Gasteiger partial charge >= 0.3 is 0 Å². The zero-order valence-electron chi connectivity index (χ0n) is 7.38. The predicted molar refractivity (Wildman–Crippen MR) is 57.4 cm³/mol. The average molecular weight is 231 g/mol. The van der Waals surface area contributed by atoms with Crippen molar-refractivity contribution in [2.45, 2.75) is 0 Å². The van der Waals surface area contributed by atoms with Crippen LogP contribution in [0.4, 0.5) is 5.69 Å². The third-order valence-electron chi connectivity index (χ3n) is 1.84. The summed E-state index contributed by atoms with van der Waals surface area (Å²) in [6.45, 7) is 0. The van der Waals surface area contributed by atoms with Crippen molar-refractivity contribution < 1.29 is 0 Å². The Morgan fingerprint density at radius 1 is 1.50 bits per heavy atom. The minimum Gasteiger partial charge on any atom is -0.397 e. The van der Waals surface area contributed by atoms with Crippen molar-refractivity contribution in [1.82, 2.24) is 14.8 Å². The first kappa shape index (κ1) is 9.43. The van der Waals surface area contributed by atoms with Gasteiger partial charge in [0.05, 0.1) is 16.4 Å². The van der Waals surface area contributed by atoms with Crippen LogP contribution in [0, 0.1) is 0 Å². The molecule has 0 aliphatic carbocycles. The molecule has 74 valence electrons. The second kappa shape index (κ2) is 3.22. The Bertz CT molecular complexity index is 427. The summed E-state index contributed by atoms with van der Waals surface area (Å²) in [5, 5.41) is 5.18. The molecule has 0 aliphatic rings. The Kier molecular flexibility index (Phi) is 2.17. The second-order valence-corrected chi connectivity index (χ2v) is 3.76. The van der Waals surface area contributed by atoms with Gasteiger partial charge in [0.2, 0.25) is 0 Å². The van der Waals surface area contributed by atoms with E-state index in [1.165, 1.54) is 0 Å². The number of rotatable bonds is 1. The molecule has 0 spiro atoms. The molecule has 0 radical (unpaired) electrons. The Labute approximate surface area is 90.6 Å². The highest BCUT2D eigenvalue weighted by Gasteiger charge is 2.13. The molecule has 0 fully saturated rings. The molecule has 3 N–H and O–H groups in total. The number of anilines is 1. The maximum atomic E-state index is 5.96. The number of nitrogens with one attached hydrogen (secondary N) is 1. The Hall–Kier alpha value is -1.13. The fourth-order valence-corrected chi connectivity index (χ4v) is 1.75. The van der Waals surface area contributed by atoms with Gasteiger partial charge in [-0.15, -0.1) is 0 Å². The molecule has 14 heavy (non-hydrogen) atoms. The number of aromatic nitrogens is 3. The van der Waals surface area contributed by atoms with E-state index in [1.807, 2.05) is 0 Å². The van der Waals surface area contributed by atoms with Crippen LogP contribution >= 0.6 is 23.2 Å². The maximum absolute atomic E-state index is 5.96. The zero-order valence-corrected chi connectivity index (χ0v) is 8.89. The van der Waals surface area contributed by atoms with Gasteiger partial charge in [0.1, 0.15) is 10.8 Å². The number of hydrogen-bond donors (Lipinski definition) is 2. The van der Waals surface area contributed by atoms with E-state index in [9.17, 15) is 0 Å². The van der Waals surface area contributed by atoms with E-state index >= 15 is 0 Å². The summed E-state index contributed by atoms with van der Waals surface area (Å²) in [5.41, 5.74) is 7.53. The Morgan fingerprint density at radius 2 is 2.21 bits per heavy atom. The van der Waals surface area contributed by atoms with Gasteiger partial charge in [0, 0.05) is 13.2 Å². The maximum Gasteiger partial charge on any atom is 0.129 e. The molecule has 2 aromatic rings. The van der Waals surface area contributed by atoms with Gasteiger partial charge in [0.25, 0.3) is 0 Å². The summed E-state index contributed by atoms with van der Waals surface area (Å²) in [6, 6.07) is 1.63. The van der Waals surface area contributed by atoms with Gasteiger partial charge in [-0.3, -0.25) is 4.68 Å². The van der Waals surface area contributed by atoms with Gasteiger partial charge < -0.3 is 10.7 Å². The molecule has 0 aromatic carbocycles. The van der Waals surface area contributed by atoms with Crippen molar-refractivity contribution in [3.05, 3.63) is 22.4 Å². The van der Waals surface area contributed by atoms with E-state index in [4.69, 9.17) is 28.9 Å². The average Bonchev–Trinajstić information content (AvgIpc) is 2.55. The monoisotopic (exact) mass is 230 g/mol. The van der Waals surface area contributed by atoms with Crippen LogP contribution in [0.3, 0.4) is 0 Å². The lowest BCUT2D eigenvalue weighted by Gasteiger charge is -1.94. The van der Waals surface area contributed by atoms with Crippen LogP contribution in [0.15, 0.2) is 12.3 Å². The van der Waals surface area contributed by atoms with Crippen LogP contribution in [-0.4, -0.2) is 14.8 Å². The lowest BCUT2D eigenvalue weighted by atomic mass is 10.3.